The topological polar surface area (TPSA) is 23.5 Å². The molecular formula is C12H18FNO. The Labute approximate surface area is 90.3 Å². The van der Waals surface area contributed by atoms with Crippen LogP contribution in [-0.4, -0.2) is 18.7 Å². The first-order chi connectivity index (χ1) is 7.18. The van der Waals surface area contributed by atoms with Crippen LogP contribution in [0.5, 0.6) is 0 Å². The number of fused-ring (bicyclic) bond motifs is 1. The second kappa shape index (κ2) is 5.12. The largest absolute Gasteiger partial charge is 0.388 e. The van der Waals surface area contributed by atoms with Crippen LogP contribution in [0.25, 0.3) is 0 Å². The summed E-state index contributed by atoms with van der Waals surface area (Å²) < 4.78 is 12.9. The molecule has 0 radical (unpaired) electrons. The van der Waals surface area contributed by atoms with E-state index in [0.29, 0.717) is 0 Å². The Morgan fingerprint density at radius 3 is 2.73 bits per heavy atom. The SMILES string of the molecule is CC.CN1CCC(O)c2ccc(F)cc21. The molecule has 1 aliphatic heterocycles. The first-order valence-corrected chi connectivity index (χ1v) is 5.37. The Balaban J connectivity index is 0.000000531. The Kier molecular flexibility index (Phi) is 4.09. The first-order valence-electron chi connectivity index (χ1n) is 5.37. The van der Waals surface area contributed by atoms with Gasteiger partial charge in [-0.1, -0.05) is 19.9 Å². The Morgan fingerprint density at radius 2 is 2.07 bits per heavy atom. The molecule has 1 heterocycles. The van der Waals surface area contributed by atoms with E-state index in [2.05, 4.69) is 0 Å². The lowest BCUT2D eigenvalue weighted by molar-refractivity contribution is 0.165. The molecule has 84 valence electrons. The van der Waals surface area contributed by atoms with E-state index in [9.17, 15) is 9.50 Å². The van der Waals surface area contributed by atoms with Gasteiger partial charge in [0.25, 0.3) is 0 Å². The van der Waals surface area contributed by atoms with E-state index in [1.165, 1.54) is 12.1 Å². The summed E-state index contributed by atoms with van der Waals surface area (Å²) >= 11 is 0. The summed E-state index contributed by atoms with van der Waals surface area (Å²) in [4.78, 5) is 1.96. The molecule has 0 saturated carbocycles. The highest BCUT2D eigenvalue weighted by molar-refractivity contribution is 5.56. The molecule has 2 nitrogen and oxygen atoms in total. The van der Waals surface area contributed by atoms with Crippen LogP contribution in [0.3, 0.4) is 0 Å². The number of anilines is 1. The summed E-state index contributed by atoms with van der Waals surface area (Å²) in [7, 11) is 1.91. The van der Waals surface area contributed by atoms with Crippen molar-refractivity contribution < 1.29 is 9.50 Å². The number of aliphatic hydroxyl groups excluding tert-OH is 1. The predicted molar refractivity (Wildman–Crippen MR) is 60.6 cm³/mol. The molecule has 0 saturated heterocycles. The zero-order valence-corrected chi connectivity index (χ0v) is 9.50. The van der Waals surface area contributed by atoms with Gasteiger partial charge < -0.3 is 10.0 Å². The van der Waals surface area contributed by atoms with Gasteiger partial charge in [-0.3, -0.25) is 0 Å². The molecule has 0 aromatic heterocycles. The van der Waals surface area contributed by atoms with Gasteiger partial charge >= 0.3 is 0 Å². The standard InChI is InChI=1S/C10H12FNO.C2H6/c1-12-5-4-10(13)8-3-2-7(11)6-9(8)12;1-2/h2-3,6,10,13H,4-5H2,1H3;1-2H3. The number of halogens is 1. The number of aliphatic hydroxyl groups is 1. The van der Waals surface area contributed by atoms with Crippen LogP contribution >= 0.6 is 0 Å². The van der Waals surface area contributed by atoms with Crippen LogP contribution in [0.4, 0.5) is 10.1 Å². The second-order valence-corrected chi connectivity index (χ2v) is 3.43. The van der Waals surface area contributed by atoms with Gasteiger partial charge in [-0.15, -0.1) is 0 Å². The van der Waals surface area contributed by atoms with E-state index in [4.69, 9.17) is 0 Å². The molecule has 0 spiro atoms. The number of hydrogen-bond donors (Lipinski definition) is 1. The van der Waals surface area contributed by atoms with E-state index >= 15 is 0 Å². The van der Waals surface area contributed by atoms with Gasteiger partial charge in [-0.05, 0) is 18.6 Å². The average molecular weight is 211 g/mol. The summed E-state index contributed by atoms with van der Waals surface area (Å²) in [6.07, 6.45) is 0.279. The fraction of sp³-hybridized carbons (Fsp3) is 0.500. The number of rotatable bonds is 0. The van der Waals surface area contributed by atoms with Crippen LogP contribution in [0, 0.1) is 5.82 Å². The highest BCUT2D eigenvalue weighted by Crippen LogP contribution is 2.32. The van der Waals surface area contributed by atoms with E-state index in [-0.39, 0.29) is 5.82 Å². The normalized spacial score (nSPS) is 19.0. The molecule has 3 heteroatoms. The quantitative estimate of drug-likeness (QED) is 0.713. The van der Waals surface area contributed by atoms with Crippen molar-refractivity contribution >= 4 is 5.69 Å². The lowest BCUT2D eigenvalue weighted by Gasteiger charge is -2.30. The first kappa shape index (κ1) is 12.0. The lowest BCUT2D eigenvalue weighted by Crippen LogP contribution is -2.27. The molecule has 1 aromatic rings. The summed E-state index contributed by atoms with van der Waals surface area (Å²) in [6.45, 7) is 4.78. The third-order valence-electron chi connectivity index (χ3n) is 2.50. The molecule has 1 aliphatic rings. The molecule has 0 aliphatic carbocycles. The van der Waals surface area contributed by atoms with E-state index in [1.54, 1.807) is 6.07 Å². The maximum Gasteiger partial charge on any atom is 0.125 e. The summed E-state index contributed by atoms with van der Waals surface area (Å²) in [6, 6.07) is 4.52. The molecule has 2 rings (SSSR count). The van der Waals surface area contributed by atoms with Crippen molar-refractivity contribution in [2.75, 3.05) is 18.5 Å². The van der Waals surface area contributed by atoms with Gasteiger partial charge in [0.1, 0.15) is 5.82 Å². The van der Waals surface area contributed by atoms with Gasteiger partial charge in [-0.2, -0.15) is 0 Å². The van der Waals surface area contributed by atoms with Crippen LogP contribution in [-0.2, 0) is 0 Å². The van der Waals surface area contributed by atoms with Gasteiger partial charge in [0.05, 0.1) is 6.10 Å². The molecule has 1 N–H and O–H groups in total. The van der Waals surface area contributed by atoms with Gasteiger partial charge in [0.15, 0.2) is 0 Å². The molecule has 0 bridgehead atoms. The number of benzene rings is 1. The summed E-state index contributed by atoms with van der Waals surface area (Å²) in [5, 5.41) is 9.62. The highest BCUT2D eigenvalue weighted by atomic mass is 19.1. The fourth-order valence-electron chi connectivity index (χ4n) is 1.72. The zero-order chi connectivity index (χ0) is 11.4. The monoisotopic (exact) mass is 211 g/mol. The Hall–Kier alpha value is -1.09. The Bertz CT molecular complexity index is 327. The molecule has 1 aromatic carbocycles. The molecule has 15 heavy (non-hydrogen) atoms. The summed E-state index contributed by atoms with van der Waals surface area (Å²) in [5.74, 6) is -0.250. The maximum atomic E-state index is 12.9. The highest BCUT2D eigenvalue weighted by Gasteiger charge is 2.21. The van der Waals surface area contributed by atoms with Crippen LogP contribution in [0.2, 0.25) is 0 Å². The summed E-state index contributed by atoms with van der Waals surface area (Å²) in [5.41, 5.74) is 1.63. The Morgan fingerprint density at radius 1 is 1.40 bits per heavy atom. The van der Waals surface area contributed by atoms with E-state index in [1.807, 2.05) is 25.8 Å². The lowest BCUT2D eigenvalue weighted by atomic mass is 9.99. The third-order valence-corrected chi connectivity index (χ3v) is 2.50. The second-order valence-electron chi connectivity index (χ2n) is 3.43. The van der Waals surface area contributed by atoms with Crippen molar-refractivity contribution in [3.05, 3.63) is 29.6 Å². The molecule has 1 unspecified atom stereocenters. The third kappa shape index (κ3) is 2.48. The molecule has 1 atom stereocenters. The zero-order valence-electron chi connectivity index (χ0n) is 9.50. The van der Waals surface area contributed by atoms with Crippen molar-refractivity contribution in [1.82, 2.24) is 0 Å². The van der Waals surface area contributed by atoms with Gasteiger partial charge in [0, 0.05) is 24.8 Å². The smallest absolute Gasteiger partial charge is 0.125 e. The van der Waals surface area contributed by atoms with Crippen LogP contribution < -0.4 is 4.90 Å². The van der Waals surface area contributed by atoms with E-state index in [0.717, 1.165) is 24.2 Å². The minimum Gasteiger partial charge on any atom is -0.388 e. The molecule has 0 amide bonds. The molecule has 0 fully saturated rings. The average Bonchev–Trinajstić information content (AvgIpc) is 2.27. The maximum absolute atomic E-state index is 12.9. The van der Waals surface area contributed by atoms with Crippen molar-refractivity contribution in [2.24, 2.45) is 0 Å². The minimum atomic E-state index is -0.438. The van der Waals surface area contributed by atoms with E-state index < -0.39 is 6.10 Å². The number of nitrogens with zero attached hydrogens (tertiary/aromatic N) is 1. The van der Waals surface area contributed by atoms with Crippen molar-refractivity contribution in [3.63, 3.8) is 0 Å². The van der Waals surface area contributed by atoms with Crippen LogP contribution in [0.1, 0.15) is 31.9 Å². The predicted octanol–water partition coefficient (Wildman–Crippen LogP) is 2.73. The minimum absolute atomic E-state index is 0.250. The van der Waals surface area contributed by atoms with Crippen molar-refractivity contribution in [1.29, 1.82) is 0 Å². The van der Waals surface area contributed by atoms with Crippen molar-refractivity contribution in [3.8, 4) is 0 Å². The van der Waals surface area contributed by atoms with Gasteiger partial charge in [0.2, 0.25) is 0 Å². The molecular weight excluding hydrogens is 193 g/mol. The van der Waals surface area contributed by atoms with Gasteiger partial charge in [-0.25, -0.2) is 4.39 Å². The van der Waals surface area contributed by atoms with Crippen molar-refractivity contribution in [2.45, 2.75) is 26.4 Å². The number of hydrogen-bond acceptors (Lipinski definition) is 2. The van der Waals surface area contributed by atoms with Crippen LogP contribution in [0.15, 0.2) is 18.2 Å². The fourth-order valence-corrected chi connectivity index (χ4v) is 1.72.